The van der Waals surface area contributed by atoms with E-state index >= 15 is 0 Å². The summed E-state index contributed by atoms with van der Waals surface area (Å²) in [6, 6.07) is 27.7. The van der Waals surface area contributed by atoms with Gasteiger partial charge in [-0.05, 0) is 112 Å². The second-order valence-electron chi connectivity index (χ2n) is 14.4. The summed E-state index contributed by atoms with van der Waals surface area (Å²) in [5.74, 6) is 3.41. The van der Waals surface area contributed by atoms with Crippen molar-refractivity contribution in [2.24, 2.45) is 0 Å². The van der Waals surface area contributed by atoms with Gasteiger partial charge in [-0.25, -0.2) is 4.98 Å². The summed E-state index contributed by atoms with van der Waals surface area (Å²) in [7, 11) is 6.31. The van der Waals surface area contributed by atoms with Crippen LogP contribution in [0.3, 0.4) is 0 Å². The number of hydrogen-bond donors (Lipinski definition) is 0. The Morgan fingerprint density at radius 3 is 1.86 bits per heavy atom. The second kappa shape index (κ2) is 19.9. The topological polar surface area (TPSA) is 110 Å². The fourth-order valence-corrected chi connectivity index (χ4v) is 8.29. The molecule has 59 heavy (non-hydrogen) atoms. The molecular formula is C46H53N5O7S. The molecule has 0 unspecified atom stereocenters. The summed E-state index contributed by atoms with van der Waals surface area (Å²) in [4.78, 5) is 22.6. The lowest BCUT2D eigenvalue weighted by Gasteiger charge is -2.34. The van der Waals surface area contributed by atoms with E-state index in [-0.39, 0.29) is 5.91 Å². The highest BCUT2D eigenvalue weighted by Gasteiger charge is 2.21. The van der Waals surface area contributed by atoms with E-state index in [1.807, 2.05) is 54.6 Å². The molecule has 310 valence electrons. The fourth-order valence-electron chi connectivity index (χ4n) is 7.32. The number of nitrogens with zero attached hydrogens (tertiary/aromatic N) is 5. The molecule has 0 saturated carbocycles. The van der Waals surface area contributed by atoms with Crippen LogP contribution in [-0.4, -0.2) is 111 Å². The van der Waals surface area contributed by atoms with Crippen LogP contribution in [0, 0.1) is 0 Å². The number of para-hydroxylation sites is 1. The lowest BCUT2D eigenvalue weighted by atomic mass is 10.1. The molecule has 1 aliphatic heterocycles. The number of methoxy groups -OCH3 is 4. The number of rotatable bonds is 19. The van der Waals surface area contributed by atoms with Gasteiger partial charge in [-0.2, -0.15) is 9.78 Å². The fraction of sp³-hybridized carbons (Fsp3) is 0.370. The van der Waals surface area contributed by atoms with Crippen molar-refractivity contribution in [1.82, 2.24) is 24.6 Å². The highest BCUT2D eigenvalue weighted by Crippen LogP contribution is 2.42. The lowest BCUT2D eigenvalue weighted by molar-refractivity contribution is 0.0923. The van der Waals surface area contributed by atoms with E-state index in [4.69, 9.17) is 33.4 Å². The third kappa shape index (κ3) is 10.2. The minimum Gasteiger partial charge on any atom is -0.494 e. The molecule has 1 aliphatic rings. The van der Waals surface area contributed by atoms with Crippen molar-refractivity contribution in [3.63, 3.8) is 0 Å². The predicted molar refractivity (Wildman–Crippen MR) is 233 cm³/mol. The first-order valence-corrected chi connectivity index (χ1v) is 20.9. The van der Waals surface area contributed by atoms with Gasteiger partial charge in [0.2, 0.25) is 11.7 Å². The molecule has 0 radical (unpaired) electrons. The zero-order valence-corrected chi connectivity index (χ0v) is 35.4. The van der Waals surface area contributed by atoms with E-state index in [0.717, 1.165) is 99.0 Å². The summed E-state index contributed by atoms with van der Waals surface area (Å²) >= 11 is 1.72. The maximum Gasteiger partial charge on any atom is 0.244 e. The number of piperazine rings is 1. The van der Waals surface area contributed by atoms with Crippen LogP contribution in [0.1, 0.15) is 37.4 Å². The normalized spacial score (nSPS) is 13.4. The summed E-state index contributed by atoms with van der Waals surface area (Å²) in [5.41, 5.74) is 4.87. The van der Waals surface area contributed by atoms with E-state index in [0.29, 0.717) is 52.3 Å². The van der Waals surface area contributed by atoms with Crippen molar-refractivity contribution >= 4 is 27.5 Å². The predicted octanol–water partition coefficient (Wildman–Crippen LogP) is 8.82. The molecule has 6 aromatic rings. The van der Waals surface area contributed by atoms with Gasteiger partial charge in [-0.15, -0.1) is 11.3 Å². The number of carbonyl (C=O) groups excluding carboxylic acids is 1. The molecule has 3 heterocycles. The van der Waals surface area contributed by atoms with Crippen molar-refractivity contribution in [2.75, 3.05) is 80.9 Å². The summed E-state index contributed by atoms with van der Waals surface area (Å²) in [5, 5.41) is 5.68. The van der Waals surface area contributed by atoms with Crippen LogP contribution >= 0.6 is 11.3 Å². The lowest BCUT2D eigenvalue weighted by Crippen LogP contribution is -2.46. The molecule has 0 bridgehead atoms. The largest absolute Gasteiger partial charge is 0.494 e. The average molecular weight is 820 g/mol. The van der Waals surface area contributed by atoms with Crippen LogP contribution in [0.2, 0.25) is 0 Å². The highest BCUT2D eigenvalue weighted by molar-refractivity contribution is 7.21. The van der Waals surface area contributed by atoms with Crippen molar-refractivity contribution in [3.05, 3.63) is 84.9 Å². The Labute approximate surface area is 350 Å². The van der Waals surface area contributed by atoms with Crippen molar-refractivity contribution in [2.45, 2.75) is 32.6 Å². The van der Waals surface area contributed by atoms with Gasteiger partial charge >= 0.3 is 0 Å². The Balaban J connectivity index is 0.827. The Bertz CT molecular complexity index is 2260. The summed E-state index contributed by atoms with van der Waals surface area (Å²) in [6.45, 7) is 9.24. The van der Waals surface area contributed by atoms with Gasteiger partial charge in [0.1, 0.15) is 10.8 Å². The molecule has 0 N–H and O–H groups in total. The second-order valence-corrected chi connectivity index (χ2v) is 15.5. The quantitative estimate of drug-likeness (QED) is 0.0732. The Morgan fingerprint density at radius 2 is 1.25 bits per heavy atom. The number of benzene rings is 4. The number of aromatic nitrogens is 3. The summed E-state index contributed by atoms with van der Waals surface area (Å²) in [6.07, 6.45) is 4.10. The number of ether oxygens (including phenoxy) is 6. The molecular weight excluding hydrogens is 767 g/mol. The number of fused-ring (bicyclic) bond motifs is 1. The zero-order chi connectivity index (χ0) is 41.1. The van der Waals surface area contributed by atoms with Gasteiger partial charge in [0.15, 0.2) is 23.0 Å². The van der Waals surface area contributed by atoms with Gasteiger partial charge < -0.3 is 38.2 Å². The number of carbonyl (C=O) groups is 1. The molecule has 13 heteroatoms. The third-order valence-corrected chi connectivity index (χ3v) is 11.6. The average Bonchev–Trinajstić information content (AvgIpc) is 3.92. The van der Waals surface area contributed by atoms with Crippen molar-refractivity contribution in [3.8, 4) is 67.6 Å². The monoisotopic (exact) mass is 819 g/mol. The van der Waals surface area contributed by atoms with Gasteiger partial charge in [-0.3, -0.25) is 4.79 Å². The Hall–Kier alpha value is -5.63. The maximum atomic E-state index is 12.8. The Kier molecular flexibility index (Phi) is 14.0. The first-order chi connectivity index (χ1) is 28.9. The van der Waals surface area contributed by atoms with E-state index < -0.39 is 0 Å². The highest BCUT2D eigenvalue weighted by atomic mass is 32.1. The first-order valence-electron chi connectivity index (χ1n) is 20.1. The van der Waals surface area contributed by atoms with E-state index in [1.54, 1.807) is 39.8 Å². The van der Waals surface area contributed by atoms with Crippen LogP contribution in [0.4, 0.5) is 0 Å². The van der Waals surface area contributed by atoms with Gasteiger partial charge in [-0.1, -0.05) is 12.1 Å². The molecule has 2 aromatic heterocycles. The van der Waals surface area contributed by atoms with Crippen LogP contribution < -0.4 is 28.4 Å². The zero-order valence-electron chi connectivity index (χ0n) is 34.6. The SMILES string of the molecule is COc1ccc(-c2cc(-c3cc(OC)c(OC)c(OC)c3)nn2C(C)=O)cc1OCCCCN1CCN(CCCCOc2ccc(-c3nc4ccccc4s3)cc2)CC1. The number of thiazole rings is 1. The molecule has 1 fully saturated rings. The molecule has 0 amide bonds. The Morgan fingerprint density at radius 1 is 0.644 bits per heavy atom. The molecule has 12 nitrogen and oxygen atoms in total. The van der Waals surface area contributed by atoms with E-state index in [1.165, 1.54) is 16.3 Å². The molecule has 4 aromatic carbocycles. The van der Waals surface area contributed by atoms with Crippen LogP contribution in [0.5, 0.6) is 34.5 Å². The maximum absolute atomic E-state index is 12.8. The van der Waals surface area contributed by atoms with Gasteiger partial charge in [0.25, 0.3) is 0 Å². The van der Waals surface area contributed by atoms with Gasteiger partial charge in [0, 0.05) is 49.8 Å². The van der Waals surface area contributed by atoms with Crippen LogP contribution in [0.25, 0.3) is 43.3 Å². The van der Waals surface area contributed by atoms with Crippen molar-refractivity contribution < 1.29 is 33.2 Å². The van der Waals surface area contributed by atoms with E-state index in [2.05, 4.69) is 45.2 Å². The molecule has 0 atom stereocenters. The first kappa shape index (κ1) is 41.5. The standard InChI is InChI=1S/C46H53N5O7S/c1-32(52)51-39(31-38(48-51)35-29-42(54-3)45(56-5)43(30-35)55-4)34-16-19-40(53-2)41(28-34)58-27-11-9-21-50-24-22-49(23-25-50)20-8-10-26-57-36-17-14-33(15-18-36)46-47-37-12-6-7-13-44(37)59-46/h6-7,12-19,28-31H,8-11,20-27H2,1-5H3. The van der Waals surface area contributed by atoms with Crippen LogP contribution in [-0.2, 0) is 0 Å². The number of unbranched alkanes of at least 4 members (excludes halogenated alkanes) is 2. The third-order valence-electron chi connectivity index (χ3n) is 10.6. The molecule has 1 saturated heterocycles. The summed E-state index contributed by atoms with van der Waals surface area (Å²) < 4.78 is 37.1. The molecule has 7 rings (SSSR count). The smallest absolute Gasteiger partial charge is 0.244 e. The number of hydrogen-bond acceptors (Lipinski definition) is 12. The van der Waals surface area contributed by atoms with E-state index in [9.17, 15) is 4.79 Å². The van der Waals surface area contributed by atoms with Gasteiger partial charge in [0.05, 0.1) is 63.3 Å². The van der Waals surface area contributed by atoms with Crippen molar-refractivity contribution in [1.29, 1.82) is 0 Å². The minimum absolute atomic E-state index is 0.220. The molecule has 0 aliphatic carbocycles. The van der Waals surface area contributed by atoms with Crippen LogP contribution in [0.15, 0.2) is 84.9 Å². The minimum atomic E-state index is -0.220. The molecule has 0 spiro atoms.